The normalized spacial score (nSPS) is 18.5. The SMILES string of the molecule is C[C@H](Oc1nc(NCC2COC2)c2c(O)c(Cl)c(-c3ccc(F)c4sc(N)c(C#N)c34)c(F)c2n1)[C@@H]1CCCN1C. The summed E-state index contributed by atoms with van der Waals surface area (Å²) in [6.07, 6.45) is 1.69. The Bertz CT molecular complexity index is 1720. The summed E-state index contributed by atoms with van der Waals surface area (Å²) in [4.78, 5) is 11.1. The number of ether oxygens (including phenoxy) is 2. The average Bonchev–Trinajstić information content (AvgIpc) is 3.50. The molecule has 4 heterocycles. The van der Waals surface area contributed by atoms with Crippen LogP contribution in [-0.2, 0) is 4.74 Å². The van der Waals surface area contributed by atoms with Gasteiger partial charge in [-0.2, -0.15) is 15.2 Å². The number of likely N-dealkylation sites (tertiary alicyclic amines) is 1. The van der Waals surface area contributed by atoms with Crippen LogP contribution >= 0.6 is 22.9 Å². The van der Waals surface area contributed by atoms with Gasteiger partial charge in [-0.15, -0.1) is 11.3 Å². The molecule has 41 heavy (non-hydrogen) atoms. The molecule has 2 aliphatic heterocycles. The Morgan fingerprint density at radius 1 is 1.34 bits per heavy atom. The van der Waals surface area contributed by atoms with Crippen molar-refractivity contribution in [2.24, 2.45) is 5.92 Å². The van der Waals surface area contributed by atoms with Crippen LogP contribution in [0.2, 0.25) is 5.02 Å². The average molecular weight is 601 g/mol. The molecule has 2 aromatic carbocycles. The van der Waals surface area contributed by atoms with Gasteiger partial charge in [0.2, 0.25) is 0 Å². The Morgan fingerprint density at radius 2 is 2.12 bits per heavy atom. The number of nitrogens with one attached hydrogen (secondary N) is 1. The number of nitrogens with two attached hydrogens (primary N) is 1. The number of nitriles is 1. The molecule has 6 rings (SSSR count). The van der Waals surface area contributed by atoms with Crippen molar-refractivity contribution in [1.82, 2.24) is 14.9 Å². The maximum atomic E-state index is 16.6. The largest absolute Gasteiger partial charge is 0.506 e. The number of thiophene rings is 1. The molecule has 0 spiro atoms. The van der Waals surface area contributed by atoms with E-state index in [0.29, 0.717) is 19.8 Å². The monoisotopic (exact) mass is 600 g/mol. The minimum Gasteiger partial charge on any atom is -0.506 e. The highest BCUT2D eigenvalue weighted by atomic mass is 35.5. The predicted octanol–water partition coefficient (Wildman–Crippen LogP) is 5.52. The van der Waals surface area contributed by atoms with Gasteiger partial charge in [-0.1, -0.05) is 17.7 Å². The van der Waals surface area contributed by atoms with E-state index in [1.807, 2.05) is 20.0 Å². The van der Waals surface area contributed by atoms with E-state index in [2.05, 4.69) is 20.2 Å². The Labute approximate surface area is 243 Å². The van der Waals surface area contributed by atoms with Crippen molar-refractivity contribution in [3.8, 4) is 29.0 Å². The third kappa shape index (κ3) is 4.67. The highest BCUT2D eigenvalue weighted by molar-refractivity contribution is 7.23. The number of nitrogen functional groups attached to an aromatic ring is 1. The molecule has 0 bridgehead atoms. The minimum absolute atomic E-state index is 0.000782. The highest BCUT2D eigenvalue weighted by Crippen LogP contribution is 2.49. The van der Waals surface area contributed by atoms with Crippen LogP contribution in [0.4, 0.5) is 19.6 Å². The van der Waals surface area contributed by atoms with Gasteiger partial charge in [-0.3, -0.25) is 4.90 Å². The number of anilines is 2. The quantitative estimate of drug-likeness (QED) is 0.251. The van der Waals surface area contributed by atoms with Gasteiger partial charge in [-0.25, -0.2) is 8.78 Å². The van der Waals surface area contributed by atoms with E-state index in [4.69, 9.17) is 26.8 Å². The summed E-state index contributed by atoms with van der Waals surface area (Å²) < 4.78 is 42.8. The number of halogens is 3. The van der Waals surface area contributed by atoms with E-state index in [1.54, 1.807) is 0 Å². The van der Waals surface area contributed by atoms with E-state index >= 15 is 4.39 Å². The van der Waals surface area contributed by atoms with Gasteiger partial charge in [0.1, 0.15) is 40.1 Å². The summed E-state index contributed by atoms with van der Waals surface area (Å²) in [7, 11) is 2.02. The first-order valence-corrected chi connectivity index (χ1v) is 14.4. The standard InChI is InChI=1S/C28H27ClF2N6O3S/c1-12(17-4-3-7-37(17)2)40-28-35-23-20(27(36-28)34-9-13-10-39-11-13)24(38)21(29)19(22(23)31)14-5-6-16(30)25-18(14)15(8-32)26(33)41-25/h5-6,12-13,17,38H,3-4,7,9-11,33H2,1-2H3,(H,34,35,36)/t12-,17-/m0/s1. The van der Waals surface area contributed by atoms with Crippen molar-refractivity contribution in [1.29, 1.82) is 5.26 Å². The second-order valence-corrected chi connectivity index (χ2v) is 11.9. The molecule has 214 valence electrons. The Hall–Kier alpha value is -3.50. The molecule has 0 unspecified atom stereocenters. The van der Waals surface area contributed by atoms with Crippen LogP contribution in [0.3, 0.4) is 0 Å². The lowest BCUT2D eigenvalue weighted by Crippen LogP contribution is -2.38. The molecule has 0 amide bonds. The number of phenolic OH excluding ortho intramolecular Hbond substituents is 1. The van der Waals surface area contributed by atoms with Crippen molar-refractivity contribution < 1.29 is 23.4 Å². The second-order valence-electron chi connectivity index (χ2n) is 10.5. The molecule has 0 radical (unpaired) electrons. The van der Waals surface area contributed by atoms with Crippen molar-refractivity contribution in [2.75, 3.05) is 44.4 Å². The van der Waals surface area contributed by atoms with E-state index in [1.165, 1.54) is 6.07 Å². The number of hydrogen-bond acceptors (Lipinski definition) is 10. The van der Waals surface area contributed by atoms with Crippen LogP contribution in [0.5, 0.6) is 11.8 Å². The molecule has 0 aliphatic carbocycles. The molecule has 2 atom stereocenters. The Morgan fingerprint density at radius 3 is 2.78 bits per heavy atom. The second kappa shape index (κ2) is 10.7. The number of aromatic nitrogens is 2. The molecule has 2 fully saturated rings. The molecule has 4 aromatic rings. The molecule has 13 heteroatoms. The van der Waals surface area contributed by atoms with Crippen LogP contribution in [0.25, 0.3) is 32.1 Å². The topological polar surface area (TPSA) is 130 Å². The molecule has 4 N–H and O–H groups in total. The van der Waals surface area contributed by atoms with Crippen molar-refractivity contribution in [3.63, 3.8) is 0 Å². The lowest BCUT2D eigenvalue weighted by molar-refractivity contribution is -0.0248. The highest BCUT2D eigenvalue weighted by Gasteiger charge is 2.31. The lowest BCUT2D eigenvalue weighted by atomic mass is 9.96. The van der Waals surface area contributed by atoms with Crippen LogP contribution in [0.15, 0.2) is 12.1 Å². The van der Waals surface area contributed by atoms with Gasteiger partial charge >= 0.3 is 6.01 Å². The number of nitrogens with zero attached hydrogens (tertiary/aromatic N) is 4. The molecule has 2 saturated heterocycles. The molecule has 0 saturated carbocycles. The molecular weight excluding hydrogens is 574 g/mol. The summed E-state index contributed by atoms with van der Waals surface area (Å²) in [6.45, 7) is 4.47. The van der Waals surface area contributed by atoms with E-state index < -0.39 is 17.4 Å². The van der Waals surface area contributed by atoms with E-state index in [-0.39, 0.29) is 77.6 Å². The van der Waals surface area contributed by atoms with Crippen molar-refractivity contribution >= 4 is 54.7 Å². The fourth-order valence-corrected chi connectivity index (χ4v) is 6.84. The zero-order valence-corrected chi connectivity index (χ0v) is 23.9. The summed E-state index contributed by atoms with van der Waals surface area (Å²) in [5, 5.41) is 24.1. The Balaban J connectivity index is 1.55. The number of phenols is 1. The van der Waals surface area contributed by atoms with Crippen molar-refractivity contribution in [2.45, 2.75) is 31.9 Å². The van der Waals surface area contributed by atoms with E-state index in [0.717, 1.165) is 36.8 Å². The number of aromatic hydroxyl groups is 1. The van der Waals surface area contributed by atoms with Gasteiger partial charge in [0.15, 0.2) is 5.82 Å². The number of likely N-dealkylation sites (N-methyl/N-ethyl adjacent to an activating group) is 1. The Kier molecular flexibility index (Phi) is 7.23. The van der Waals surface area contributed by atoms with Gasteiger partial charge in [-0.05, 0) is 45.0 Å². The number of benzene rings is 2. The zero-order chi connectivity index (χ0) is 29.0. The maximum Gasteiger partial charge on any atom is 0.319 e. The van der Waals surface area contributed by atoms with Gasteiger partial charge < -0.3 is 25.6 Å². The number of fused-ring (bicyclic) bond motifs is 2. The third-order valence-electron chi connectivity index (χ3n) is 7.85. The first-order valence-electron chi connectivity index (χ1n) is 13.2. The fourth-order valence-electron chi connectivity index (χ4n) is 5.61. The molecule has 9 nitrogen and oxygen atoms in total. The summed E-state index contributed by atoms with van der Waals surface area (Å²) in [5.41, 5.74) is 5.63. The van der Waals surface area contributed by atoms with Gasteiger partial charge in [0.25, 0.3) is 0 Å². The summed E-state index contributed by atoms with van der Waals surface area (Å²) in [5.74, 6) is -1.57. The van der Waals surface area contributed by atoms with Crippen LogP contribution < -0.4 is 15.8 Å². The molecule has 2 aliphatic rings. The summed E-state index contributed by atoms with van der Waals surface area (Å²) in [6, 6.07) is 4.51. The van der Waals surface area contributed by atoms with Crippen LogP contribution in [-0.4, -0.2) is 65.5 Å². The minimum atomic E-state index is -0.878. The first kappa shape index (κ1) is 27.7. The number of hydrogen-bond donors (Lipinski definition) is 3. The fraction of sp³-hybridized carbons (Fsp3) is 0.393. The molecule has 2 aromatic heterocycles. The predicted molar refractivity (Wildman–Crippen MR) is 155 cm³/mol. The number of rotatable bonds is 7. The van der Waals surface area contributed by atoms with E-state index in [9.17, 15) is 14.8 Å². The third-order valence-corrected chi connectivity index (χ3v) is 9.25. The van der Waals surface area contributed by atoms with Gasteiger partial charge in [0.05, 0.1) is 33.9 Å². The van der Waals surface area contributed by atoms with Crippen LogP contribution in [0, 0.1) is 28.9 Å². The molecular formula is C28H27ClF2N6O3S. The maximum absolute atomic E-state index is 16.6. The first-order chi connectivity index (χ1) is 19.7. The lowest BCUT2D eigenvalue weighted by Gasteiger charge is -2.27. The smallest absolute Gasteiger partial charge is 0.319 e. The van der Waals surface area contributed by atoms with Crippen molar-refractivity contribution in [3.05, 3.63) is 34.4 Å². The zero-order valence-electron chi connectivity index (χ0n) is 22.3. The van der Waals surface area contributed by atoms with Gasteiger partial charge in [0, 0.05) is 29.5 Å². The van der Waals surface area contributed by atoms with Crippen LogP contribution in [0.1, 0.15) is 25.3 Å². The summed E-state index contributed by atoms with van der Waals surface area (Å²) >= 11 is 7.50.